The number of thiazole rings is 1. The number of rotatable bonds is 4. The number of hydrogen-bond donors (Lipinski definition) is 1. The van der Waals surface area contributed by atoms with E-state index in [4.69, 9.17) is 23.2 Å². The van der Waals surface area contributed by atoms with Gasteiger partial charge in [0.25, 0.3) is 0 Å². The van der Waals surface area contributed by atoms with E-state index in [1.54, 1.807) is 11.0 Å². The number of nitrogens with zero attached hydrogens (tertiary/aromatic N) is 2. The zero-order chi connectivity index (χ0) is 20.0. The highest BCUT2D eigenvalue weighted by Gasteiger charge is 2.35. The Morgan fingerprint density at radius 2 is 2.07 bits per heavy atom. The number of hydrogen-bond acceptors (Lipinski definition) is 5. The molecule has 1 amide bonds. The summed E-state index contributed by atoms with van der Waals surface area (Å²) in [4.78, 5) is 31.3. The molecule has 2 aromatic carbocycles. The smallest absolute Gasteiger partial charge is 0.305 e. The number of aliphatic carboxylic acids is 1. The Labute approximate surface area is 179 Å². The van der Waals surface area contributed by atoms with E-state index in [-0.39, 0.29) is 18.9 Å². The second-order valence-electron chi connectivity index (χ2n) is 6.42. The van der Waals surface area contributed by atoms with Gasteiger partial charge in [-0.3, -0.25) is 9.59 Å². The summed E-state index contributed by atoms with van der Waals surface area (Å²) in [5.74, 6) is -1.23. The standard InChI is InChI=1S/C19H14Cl2N2O3S2/c1-9-2-4-12-11(6-9)23(19(26)14(27-12)7-16(24)25)8-15-22-18-13(28-15)5-3-10(20)17(18)21/h2-6,14H,7-8H2,1H3,(H,24,25). The lowest BCUT2D eigenvalue weighted by Gasteiger charge is -2.33. The van der Waals surface area contributed by atoms with Crippen molar-refractivity contribution in [3.05, 3.63) is 50.9 Å². The summed E-state index contributed by atoms with van der Waals surface area (Å²) in [7, 11) is 0. The van der Waals surface area contributed by atoms with Gasteiger partial charge in [0.2, 0.25) is 5.91 Å². The molecule has 3 aromatic rings. The largest absolute Gasteiger partial charge is 0.481 e. The molecule has 0 aliphatic carbocycles. The van der Waals surface area contributed by atoms with Crippen molar-refractivity contribution >= 4 is 74.1 Å². The summed E-state index contributed by atoms with van der Waals surface area (Å²) in [6.07, 6.45) is -0.228. The van der Waals surface area contributed by atoms with Gasteiger partial charge in [0.05, 0.1) is 38.6 Å². The van der Waals surface area contributed by atoms with Crippen LogP contribution in [0.3, 0.4) is 0 Å². The van der Waals surface area contributed by atoms with Crippen molar-refractivity contribution in [3.63, 3.8) is 0 Å². The number of carboxylic acids is 1. The van der Waals surface area contributed by atoms with E-state index in [2.05, 4.69) is 4.98 Å². The fourth-order valence-electron chi connectivity index (χ4n) is 3.07. The molecule has 1 N–H and O–H groups in total. The Bertz CT molecular complexity index is 1120. The van der Waals surface area contributed by atoms with Gasteiger partial charge in [-0.15, -0.1) is 23.1 Å². The molecule has 5 nitrogen and oxygen atoms in total. The Balaban J connectivity index is 1.74. The quantitative estimate of drug-likeness (QED) is 0.573. The Morgan fingerprint density at radius 3 is 2.82 bits per heavy atom. The molecular formula is C19H14Cl2N2O3S2. The minimum atomic E-state index is -0.997. The lowest BCUT2D eigenvalue weighted by Crippen LogP contribution is -2.41. The van der Waals surface area contributed by atoms with Gasteiger partial charge in [-0.2, -0.15) is 0 Å². The summed E-state index contributed by atoms with van der Waals surface area (Å²) < 4.78 is 0.884. The van der Waals surface area contributed by atoms with E-state index in [9.17, 15) is 14.7 Å². The van der Waals surface area contributed by atoms with Crippen LogP contribution in [-0.2, 0) is 16.1 Å². The molecule has 9 heteroatoms. The maximum Gasteiger partial charge on any atom is 0.305 e. The van der Waals surface area contributed by atoms with E-state index >= 15 is 0 Å². The number of carboxylic acid groups (broad SMARTS) is 1. The molecule has 0 fully saturated rings. The molecule has 0 spiro atoms. The van der Waals surface area contributed by atoms with E-state index in [1.165, 1.54) is 23.1 Å². The normalized spacial score (nSPS) is 16.5. The fraction of sp³-hybridized carbons (Fsp3) is 0.211. The highest BCUT2D eigenvalue weighted by Crippen LogP contribution is 2.42. The average Bonchev–Trinajstić information content (AvgIpc) is 3.05. The van der Waals surface area contributed by atoms with E-state index in [0.29, 0.717) is 20.6 Å². The van der Waals surface area contributed by atoms with E-state index < -0.39 is 11.2 Å². The van der Waals surface area contributed by atoms with Crippen molar-refractivity contribution in [2.45, 2.75) is 30.0 Å². The SMILES string of the molecule is Cc1ccc2c(c1)N(Cc1nc3c(Cl)c(Cl)ccc3s1)C(=O)C(CC(=O)O)S2. The fourth-order valence-corrected chi connectivity index (χ4v) is 5.65. The number of halogens is 2. The van der Waals surface area contributed by atoms with Crippen molar-refractivity contribution in [3.8, 4) is 0 Å². The number of aryl methyl sites for hydroxylation is 1. The molecule has 144 valence electrons. The van der Waals surface area contributed by atoms with E-state index in [0.717, 1.165) is 20.8 Å². The van der Waals surface area contributed by atoms with Gasteiger partial charge in [-0.25, -0.2) is 4.98 Å². The molecule has 0 bridgehead atoms. The first-order valence-corrected chi connectivity index (χ1v) is 10.8. The molecule has 0 saturated carbocycles. The van der Waals surface area contributed by atoms with Crippen LogP contribution in [0.4, 0.5) is 5.69 Å². The van der Waals surface area contributed by atoms with Gasteiger partial charge in [0, 0.05) is 4.90 Å². The molecule has 28 heavy (non-hydrogen) atoms. The molecule has 1 atom stereocenters. The van der Waals surface area contributed by atoms with Crippen LogP contribution in [0.5, 0.6) is 0 Å². The molecule has 4 rings (SSSR count). The number of aromatic nitrogens is 1. The van der Waals surface area contributed by atoms with Crippen molar-refractivity contribution in [1.82, 2.24) is 4.98 Å². The van der Waals surface area contributed by atoms with Crippen LogP contribution in [0.15, 0.2) is 35.2 Å². The second-order valence-corrected chi connectivity index (χ2v) is 9.56. The van der Waals surface area contributed by atoms with Crippen molar-refractivity contribution < 1.29 is 14.7 Å². The van der Waals surface area contributed by atoms with Gasteiger partial charge in [0.15, 0.2) is 0 Å². The number of thioether (sulfide) groups is 1. The number of benzene rings is 2. The number of fused-ring (bicyclic) bond motifs is 2. The minimum absolute atomic E-state index is 0.228. The third-order valence-electron chi connectivity index (χ3n) is 4.37. The van der Waals surface area contributed by atoms with E-state index in [1.807, 2.05) is 31.2 Å². The van der Waals surface area contributed by atoms with Gasteiger partial charge in [-0.05, 0) is 36.8 Å². The third-order valence-corrected chi connectivity index (χ3v) is 7.42. The zero-order valence-corrected chi connectivity index (χ0v) is 17.8. The number of amides is 1. The highest BCUT2D eigenvalue weighted by atomic mass is 35.5. The topological polar surface area (TPSA) is 70.5 Å². The Hall–Kier alpha value is -1.80. The van der Waals surface area contributed by atoms with Gasteiger partial charge < -0.3 is 10.0 Å². The molecule has 1 unspecified atom stereocenters. The lowest BCUT2D eigenvalue weighted by atomic mass is 10.1. The maximum absolute atomic E-state index is 13.0. The van der Waals surface area contributed by atoms with Crippen molar-refractivity contribution in [2.24, 2.45) is 0 Å². The van der Waals surface area contributed by atoms with Crippen LogP contribution in [0, 0.1) is 6.92 Å². The van der Waals surface area contributed by atoms with Crippen LogP contribution in [-0.4, -0.2) is 27.2 Å². The minimum Gasteiger partial charge on any atom is -0.481 e. The summed E-state index contributed by atoms with van der Waals surface area (Å²) in [6.45, 7) is 2.20. The van der Waals surface area contributed by atoms with Crippen LogP contribution in [0.2, 0.25) is 10.0 Å². The molecule has 2 heterocycles. The lowest BCUT2D eigenvalue weighted by molar-refractivity contribution is -0.138. The Morgan fingerprint density at radius 1 is 1.29 bits per heavy atom. The number of anilines is 1. The zero-order valence-electron chi connectivity index (χ0n) is 14.6. The predicted molar refractivity (Wildman–Crippen MR) is 114 cm³/mol. The van der Waals surface area contributed by atoms with Gasteiger partial charge in [0.1, 0.15) is 10.5 Å². The highest BCUT2D eigenvalue weighted by molar-refractivity contribution is 8.01. The summed E-state index contributed by atoms with van der Waals surface area (Å²) in [6, 6.07) is 9.40. The Kier molecular flexibility index (Phi) is 5.26. The second kappa shape index (κ2) is 7.55. The van der Waals surface area contributed by atoms with Crippen LogP contribution >= 0.6 is 46.3 Å². The summed E-state index contributed by atoms with van der Waals surface area (Å²) in [5.41, 5.74) is 2.41. The molecule has 1 aliphatic rings. The van der Waals surface area contributed by atoms with Gasteiger partial charge in [-0.1, -0.05) is 29.3 Å². The van der Waals surface area contributed by atoms with Gasteiger partial charge >= 0.3 is 5.97 Å². The summed E-state index contributed by atoms with van der Waals surface area (Å²) >= 11 is 15.1. The first kappa shape index (κ1) is 19.5. The first-order chi connectivity index (χ1) is 13.3. The van der Waals surface area contributed by atoms with Crippen LogP contribution < -0.4 is 4.90 Å². The average molecular weight is 453 g/mol. The third kappa shape index (κ3) is 3.59. The number of carbonyl (C=O) groups is 2. The number of carbonyl (C=O) groups excluding carboxylic acids is 1. The molecule has 0 saturated heterocycles. The molecule has 1 aliphatic heterocycles. The van der Waals surface area contributed by atoms with Crippen LogP contribution in [0.25, 0.3) is 10.2 Å². The maximum atomic E-state index is 13.0. The van der Waals surface area contributed by atoms with Crippen LogP contribution in [0.1, 0.15) is 17.0 Å². The molecule has 0 radical (unpaired) electrons. The molecule has 1 aromatic heterocycles. The van der Waals surface area contributed by atoms with Crippen molar-refractivity contribution in [1.29, 1.82) is 0 Å². The monoisotopic (exact) mass is 452 g/mol. The predicted octanol–water partition coefficient (Wildman–Crippen LogP) is 5.39. The summed E-state index contributed by atoms with van der Waals surface area (Å²) in [5, 5.41) is 10.0. The van der Waals surface area contributed by atoms with Crippen molar-refractivity contribution in [2.75, 3.05) is 4.90 Å². The molecular weight excluding hydrogens is 439 g/mol. The first-order valence-electron chi connectivity index (χ1n) is 8.37.